The summed E-state index contributed by atoms with van der Waals surface area (Å²) in [4.78, 5) is 24.5. The molecule has 7 atom stereocenters. The Balaban J connectivity index is 1.92. The van der Waals surface area contributed by atoms with Crippen LogP contribution in [0.5, 0.6) is 0 Å². The van der Waals surface area contributed by atoms with Gasteiger partial charge in [-0.05, 0) is 33.1 Å². The van der Waals surface area contributed by atoms with E-state index in [9.17, 15) is 14.7 Å². The van der Waals surface area contributed by atoms with Crippen molar-refractivity contribution < 1.29 is 28.9 Å². The molecule has 3 aliphatic rings. The van der Waals surface area contributed by atoms with E-state index in [0.717, 1.165) is 0 Å². The van der Waals surface area contributed by atoms with Crippen molar-refractivity contribution in [1.82, 2.24) is 0 Å². The Kier molecular flexibility index (Phi) is 5.01. The predicted molar refractivity (Wildman–Crippen MR) is 94.1 cm³/mol. The summed E-state index contributed by atoms with van der Waals surface area (Å²) in [7, 11) is 0. The third-order valence-corrected chi connectivity index (χ3v) is 6.10. The van der Waals surface area contributed by atoms with Crippen LogP contribution in [0.3, 0.4) is 0 Å². The molecule has 26 heavy (non-hydrogen) atoms. The minimum atomic E-state index is -0.557. The standard InChI is InChI=1S/C20H28O6/c1-6-10(2)18(22)25-15-9-20(5)16(26-20)8-13(21)11(3)7-14-17(15)12(4)19(23)24-14/h6,11,13-17,21H,4,7-9H2,1-3,5H3/b10-6-/t11-,13+,14-,15-,16-,17+,20-/m1/s1. The Bertz CT molecular complexity index is 653. The number of hydrogen-bond acceptors (Lipinski definition) is 6. The van der Waals surface area contributed by atoms with Crippen molar-refractivity contribution in [3.05, 3.63) is 23.8 Å². The van der Waals surface area contributed by atoms with E-state index >= 15 is 0 Å². The van der Waals surface area contributed by atoms with Crippen molar-refractivity contribution >= 4 is 11.9 Å². The maximum Gasteiger partial charge on any atom is 0.334 e. The molecule has 6 nitrogen and oxygen atoms in total. The normalized spacial score (nSPS) is 43.2. The van der Waals surface area contributed by atoms with Gasteiger partial charge in [-0.2, -0.15) is 0 Å². The van der Waals surface area contributed by atoms with Crippen molar-refractivity contribution in [1.29, 1.82) is 0 Å². The lowest BCUT2D eigenvalue weighted by molar-refractivity contribution is -0.149. The number of fused-ring (bicyclic) bond motifs is 2. The molecule has 144 valence electrons. The number of aliphatic hydroxyl groups is 1. The third-order valence-electron chi connectivity index (χ3n) is 6.10. The fourth-order valence-corrected chi connectivity index (χ4v) is 4.04. The van der Waals surface area contributed by atoms with Crippen molar-refractivity contribution in [2.45, 2.75) is 77.0 Å². The molecule has 2 heterocycles. The van der Waals surface area contributed by atoms with Crippen LogP contribution in [0, 0.1) is 11.8 Å². The zero-order valence-corrected chi connectivity index (χ0v) is 15.9. The van der Waals surface area contributed by atoms with Gasteiger partial charge in [-0.15, -0.1) is 0 Å². The lowest BCUT2D eigenvalue weighted by atomic mass is 9.78. The Morgan fingerprint density at radius 2 is 2.12 bits per heavy atom. The van der Waals surface area contributed by atoms with Crippen LogP contribution in [-0.2, 0) is 23.8 Å². The first kappa shape index (κ1) is 19.1. The Labute approximate surface area is 154 Å². The van der Waals surface area contributed by atoms with Gasteiger partial charge in [-0.1, -0.05) is 19.6 Å². The minimum Gasteiger partial charge on any atom is -0.458 e. The van der Waals surface area contributed by atoms with Crippen molar-refractivity contribution in [2.24, 2.45) is 11.8 Å². The van der Waals surface area contributed by atoms with Crippen molar-refractivity contribution in [2.75, 3.05) is 0 Å². The highest BCUT2D eigenvalue weighted by atomic mass is 16.6. The molecular weight excluding hydrogens is 336 g/mol. The first-order chi connectivity index (χ1) is 12.2. The van der Waals surface area contributed by atoms with E-state index in [0.29, 0.717) is 30.4 Å². The Morgan fingerprint density at radius 1 is 1.42 bits per heavy atom. The molecule has 2 aliphatic heterocycles. The molecule has 0 unspecified atom stereocenters. The Hall–Kier alpha value is -1.66. The van der Waals surface area contributed by atoms with Crippen LogP contribution in [0.25, 0.3) is 0 Å². The molecule has 3 rings (SSSR count). The van der Waals surface area contributed by atoms with Crippen LogP contribution in [0.2, 0.25) is 0 Å². The maximum atomic E-state index is 12.4. The van der Waals surface area contributed by atoms with Crippen LogP contribution in [0.15, 0.2) is 23.8 Å². The van der Waals surface area contributed by atoms with Crippen molar-refractivity contribution in [3.8, 4) is 0 Å². The van der Waals surface area contributed by atoms with Gasteiger partial charge in [0.05, 0.1) is 23.7 Å². The molecule has 3 fully saturated rings. The van der Waals surface area contributed by atoms with Gasteiger partial charge < -0.3 is 19.3 Å². The average Bonchev–Trinajstić information content (AvgIpc) is 3.11. The second-order valence-corrected chi connectivity index (χ2v) is 8.05. The fraction of sp³-hybridized carbons (Fsp3) is 0.700. The highest BCUT2D eigenvalue weighted by Gasteiger charge is 2.58. The van der Waals surface area contributed by atoms with Gasteiger partial charge in [0.1, 0.15) is 12.2 Å². The van der Waals surface area contributed by atoms with Crippen LogP contribution >= 0.6 is 0 Å². The van der Waals surface area contributed by atoms with E-state index in [2.05, 4.69) is 6.58 Å². The third kappa shape index (κ3) is 3.45. The van der Waals surface area contributed by atoms with Gasteiger partial charge in [0.2, 0.25) is 0 Å². The lowest BCUT2D eigenvalue weighted by Gasteiger charge is -2.31. The minimum absolute atomic E-state index is 0.0682. The van der Waals surface area contributed by atoms with Gasteiger partial charge in [0, 0.05) is 24.0 Å². The van der Waals surface area contributed by atoms with Gasteiger partial charge >= 0.3 is 11.9 Å². The van der Waals surface area contributed by atoms with Crippen molar-refractivity contribution in [3.63, 3.8) is 0 Å². The average molecular weight is 364 g/mol. The van der Waals surface area contributed by atoms with Gasteiger partial charge in [0.25, 0.3) is 0 Å². The number of hydrogen-bond donors (Lipinski definition) is 1. The zero-order chi connectivity index (χ0) is 19.2. The molecule has 0 aromatic heterocycles. The molecule has 0 spiro atoms. The number of carbonyl (C=O) groups is 2. The molecule has 0 bridgehead atoms. The summed E-state index contributed by atoms with van der Waals surface area (Å²) in [6.45, 7) is 11.2. The summed E-state index contributed by atoms with van der Waals surface area (Å²) >= 11 is 0. The van der Waals surface area contributed by atoms with E-state index in [-0.39, 0.29) is 12.0 Å². The first-order valence-corrected chi connectivity index (χ1v) is 9.26. The molecule has 0 aromatic carbocycles. The van der Waals surface area contributed by atoms with Crippen LogP contribution < -0.4 is 0 Å². The number of aliphatic hydroxyl groups excluding tert-OH is 1. The predicted octanol–water partition coefficient (Wildman–Crippen LogP) is 2.30. The molecule has 0 aromatic rings. The topological polar surface area (TPSA) is 85.4 Å². The highest BCUT2D eigenvalue weighted by molar-refractivity contribution is 5.91. The van der Waals surface area contributed by atoms with E-state index in [1.807, 2.05) is 13.8 Å². The van der Waals surface area contributed by atoms with Gasteiger partial charge in [0.15, 0.2) is 0 Å². The maximum absolute atomic E-state index is 12.4. The summed E-state index contributed by atoms with van der Waals surface area (Å²) in [5, 5.41) is 10.4. The SMILES string of the molecule is C=C1C(=O)O[C@@H]2C[C@@H](C)[C@@H](O)C[C@H]3O[C@]3(C)C[C@@H](OC(=O)/C(C)=C\C)[C@@H]12. The second-order valence-electron chi connectivity index (χ2n) is 8.05. The highest BCUT2D eigenvalue weighted by Crippen LogP contribution is 2.48. The first-order valence-electron chi connectivity index (χ1n) is 9.26. The summed E-state index contributed by atoms with van der Waals surface area (Å²) in [5.74, 6) is -1.36. The molecule has 6 heteroatoms. The number of carbonyl (C=O) groups excluding carboxylic acids is 2. The smallest absolute Gasteiger partial charge is 0.334 e. The summed E-state index contributed by atoms with van der Waals surface area (Å²) in [6.07, 6.45) is 1.54. The largest absolute Gasteiger partial charge is 0.458 e. The summed E-state index contributed by atoms with van der Waals surface area (Å²) in [5.41, 5.74) is 0.356. The Morgan fingerprint density at radius 3 is 2.77 bits per heavy atom. The van der Waals surface area contributed by atoms with E-state index in [4.69, 9.17) is 14.2 Å². The van der Waals surface area contributed by atoms with Crippen LogP contribution in [-0.4, -0.2) is 47.1 Å². The second kappa shape index (κ2) is 6.82. The summed E-state index contributed by atoms with van der Waals surface area (Å²) in [6, 6.07) is 0. The number of allylic oxidation sites excluding steroid dienone is 1. The van der Waals surface area contributed by atoms with E-state index < -0.39 is 41.8 Å². The number of epoxide rings is 1. The number of rotatable bonds is 2. The van der Waals surface area contributed by atoms with Crippen LogP contribution in [0.1, 0.15) is 47.0 Å². The molecule has 0 radical (unpaired) electrons. The van der Waals surface area contributed by atoms with Gasteiger partial charge in [-0.25, -0.2) is 9.59 Å². The van der Waals surface area contributed by atoms with E-state index in [1.165, 1.54) is 0 Å². The number of esters is 2. The molecule has 1 aliphatic carbocycles. The fourth-order valence-electron chi connectivity index (χ4n) is 4.04. The number of ether oxygens (including phenoxy) is 3. The molecule has 1 saturated carbocycles. The lowest BCUT2D eigenvalue weighted by Crippen LogP contribution is -2.40. The monoisotopic (exact) mass is 364 g/mol. The van der Waals surface area contributed by atoms with E-state index in [1.54, 1.807) is 19.9 Å². The molecule has 1 N–H and O–H groups in total. The molecule has 2 saturated heterocycles. The van der Waals surface area contributed by atoms with Gasteiger partial charge in [-0.3, -0.25) is 0 Å². The summed E-state index contributed by atoms with van der Waals surface area (Å²) < 4.78 is 17.1. The quantitative estimate of drug-likeness (QED) is 0.460. The molecular formula is C20H28O6. The molecule has 0 amide bonds. The zero-order valence-electron chi connectivity index (χ0n) is 15.9. The van der Waals surface area contributed by atoms with Crippen LogP contribution in [0.4, 0.5) is 0 Å².